The molecule has 0 saturated carbocycles. The Bertz CT molecular complexity index is 561. The van der Waals surface area contributed by atoms with Crippen molar-refractivity contribution in [2.24, 2.45) is 0 Å². The predicted octanol–water partition coefficient (Wildman–Crippen LogP) is 2.52. The van der Waals surface area contributed by atoms with Gasteiger partial charge >= 0.3 is 0 Å². The van der Waals surface area contributed by atoms with Crippen molar-refractivity contribution in [3.8, 4) is 0 Å². The lowest BCUT2D eigenvalue weighted by Gasteiger charge is -2.05. The molecule has 0 amide bonds. The van der Waals surface area contributed by atoms with Crippen LogP contribution in [0.3, 0.4) is 0 Å². The topological polar surface area (TPSA) is 87.1 Å². The van der Waals surface area contributed by atoms with E-state index in [4.69, 9.17) is 17.3 Å². The second-order valence-corrected chi connectivity index (χ2v) is 5.22. The van der Waals surface area contributed by atoms with Gasteiger partial charge in [0.1, 0.15) is 0 Å². The van der Waals surface area contributed by atoms with Gasteiger partial charge in [-0.05, 0) is 23.8 Å². The SMILES string of the molecule is Nc1cc(Cl)ccc1SCc1ccc([NH+]=O)cc1.[OH-]. The van der Waals surface area contributed by atoms with Crippen LogP contribution in [-0.2, 0) is 5.75 Å². The largest absolute Gasteiger partial charge is 0.870 e. The van der Waals surface area contributed by atoms with Crippen LogP contribution in [0.15, 0.2) is 47.4 Å². The van der Waals surface area contributed by atoms with Crippen LogP contribution in [0.1, 0.15) is 5.56 Å². The summed E-state index contributed by atoms with van der Waals surface area (Å²) in [4.78, 5) is 11.4. The molecule has 0 bridgehead atoms. The van der Waals surface area contributed by atoms with Gasteiger partial charge in [-0.15, -0.1) is 11.8 Å². The monoisotopic (exact) mass is 296 g/mol. The van der Waals surface area contributed by atoms with Crippen LogP contribution in [0.2, 0.25) is 5.02 Å². The van der Waals surface area contributed by atoms with Crippen LogP contribution in [-0.4, -0.2) is 5.48 Å². The third-order valence-electron chi connectivity index (χ3n) is 2.44. The van der Waals surface area contributed by atoms with Gasteiger partial charge < -0.3 is 11.2 Å². The normalized spacial score (nSPS) is 9.74. The molecule has 2 aromatic rings. The average Bonchev–Trinajstić information content (AvgIpc) is 2.38. The van der Waals surface area contributed by atoms with E-state index in [1.807, 2.05) is 29.4 Å². The van der Waals surface area contributed by atoms with Crippen LogP contribution in [0.5, 0.6) is 0 Å². The minimum absolute atomic E-state index is 0. The average molecular weight is 297 g/mol. The van der Waals surface area contributed by atoms with E-state index >= 15 is 0 Å². The Morgan fingerprint density at radius 2 is 1.84 bits per heavy atom. The summed E-state index contributed by atoms with van der Waals surface area (Å²) in [6, 6.07) is 12.8. The third kappa shape index (κ3) is 4.24. The van der Waals surface area contributed by atoms with E-state index in [9.17, 15) is 4.91 Å². The van der Waals surface area contributed by atoms with Gasteiger partial charge in [0.05, 0.1) is 0 Å². The van der Waals surface area contributed by atoms with Crippen molar-refractivity contribution in [2.45, 2.75) is 10.6 Å². The van der Waals surface area contributed by atoms with Crippen molar-refractivity contribution in [2.75, 3.05) is 5.73 Å². The summed E-state index contributed by atoms with van der Waals surface area (Å²) in [5.41, 5.74) is 8.26. The van der Waals surface area contributed by atoms with Gasteiger partial charge in [0, 0.05) is 43.6 Å². The number of hydrogen-bond donors (Lipinski definition) is 2. The van der Waals surface area contributed by atoms with E-state index in [2.05, 4.69) is 0 Å². The number of benzene rings is 2. The first-order valence-electron chi connectivity index (χ1n) is 5.34. The summed E-state index contributed by atoms with van der Waals surface area (Å²) >= 11 is 7.48. The molecule has 19 heavy (non-hydrogen) atoms. The Kier molecular flexibility index (Phi) is 5.82. The highest BCUT2D eigenvalue weighted by atomic mass is 35.5. The first kappa shape index (κ1) is 15.5. The summed E-state index contributed by atoms with van der Waals surface area (Å²) in [5, 5.41) is 2.49. The van der Waals surface area contributed by atoms with Crippen molar-refractivity contribution in [3.05, 3.63) is 58.0 Å². The molecule has 6 heteroatoms. The Hall–Kier alpha value is -1.56. The van der Waals surface area contributed by atoms with E-state index in [1.165, 1.54) is 0 Å². The summed E-state index contributed by atoms with van der Waals surface area (Å²) in [6.07, 6.45) is 0. The molecule has 4 N–H and O–H groups in total. The van der Waals surface area contributed by atoms with Crippen LogP contribution in [0, 0.1) is 4.91 Å². The summed E-state index contributed by atoms with van der Waals surface area (Å²) in [5.74, 6) is 0.797. The molecule has 100 valence electrons. The van der Waals surface area contributed by atoms with Crippen LogP contribution >= 0.6 is 23.4 Å². The zero-order chi connectivity index (χ0) is 13.0. The molecular weight excluding hydrogens is 284 g/mol. The highest BCUT2D eigenvalue weighted by Gasteiger charge is 2.03. The maximum atomic E-state index is 10.4. The molecule has 0 spiro atoms. The van der Waals surface area contributed by atoms with Crippen LogP contribution in [0.4, 0.5) is 11.4 Å². The molecular formula is C13H13ClN2O2S. The number of hydrogen-bond acceptors (Lipinski definition) is 4. The van der Waals surface area contributed by atoms with Crippen LogP contribution in [0.25, 0.3) is 0 Å². The summed E-state index contributed by atoms with van der Waals surface area (Å²) in [6.45, 7) is 0. The van der Waals surface area contributed by atoms with Gasteiger partial charge in [0.15, 0.2) is 0 Å². The fourth-order valence-electron chi connectivity index (χ4n) is 1.48. The number of nitroso groups, excluding NO2 is 1. The lowest BCUT2D eigenvalue weighted by Crippen LogP contribution is -2.55. The first-order valence-corrected chi connectivity index (χ1v) is 6.70. The van der Waals surface area contributed by atoms with Crippen molar-refractivity contribution in [1.82, 2.24) is 0 Å². The number of halogens is 1. The zero-order valence-electron chi connectivity index (χ0n) is 9.97. The lowest BCUT2D eigenvalue weighted by molar-refractivity contribution is -0.379. The Balaban J connectivity index is 0.00000180. The smallest absolute Gasteiger partial charge is 0.253 e. The lowest BCUT2D eigenvalue weighted by atomic mass is 10.2. The number of nitrogens with one attached hydrogen (secondary N) is 1. The maximum Gasteiger partial charge on any atom is 0.253 e. The standard InChI is InChI=1S/C13H11ClN2OS.H2O/c14-10-3-6-13(12(15)7-10)18-8-9-1-4-11(16-17)5-2-9;/h1-7H,8,15H2;1H2. The molecule has 4 nitrogen and oxygen atoms in total. The first-order chi connectivity index (χ1) is 8.69. The third-order valence-corrected chi connectivity index (χ3v) is 3.83. The van der Waals surface area contributed by atoms with Crippen molar-refractivity contribution in [3.63, 3.8) is 0 Å². The molecule has 2 rings (SSSR count). The van der Waals surface area contributed by atoms with E-state index in [0.29, 0.717) is 16.4 Å². The van der Waals surface area contributed by atoms with Gasteiger partial charge in [-0.1, -0.05) is 23.7 Å². The Morgan fingerprint density at radius 1 is 1.16 bits per heavy atom. The van der Waals surface area contributed by atoms with Gasteiger partial charge in [-0.2, -0.15) is 0 Å². The minimum atomic E-state index is 0. The molecule has 0 aliphatic heterocycles. The zero-order valence-corrected chi connectivity index (χ0v) is 11.5. The summed E-state index contributed by atoms with van der Waals surface area (Å²) < 4.78 is 0. The number of rotatable bonds is 4. The second-order valence-electron chi connectivity index (χ2n) is 3.77. The molecule has 0 aromatic heterocycles. The maximum absolute atomic E-state index is 10.4. The number of nitrogen functional groups attached to an aromatic ring is 1. The van der Waals surface area contributed by atoms with Gasteiger partial charge in [0.2, 0.25) is 0 Å². The molecule has 0 fully saturated rings. The van der Waals surface area contributed by atoms with E-state index in [0.717, 1.165) is 16.2 Å². The fraction of sp³-hybridized carbons (Fsp3) is 0.0769. The highest BCUT2D eigenvalue weighted by Crippen LogP contribution is 2.30. The van der Waals surface area contributed by atoms with Crippen molar-refractivity contribution >= 4 is 34.7 Å². The minimum Gasteiger partial charge on any atom is -0.870 e. The molecule has 0 aliphatic carbocycles. The molecule has 2 aromatic carbocycles. The highest BCUT2D eigenvalue weighted by molar-refractivity contribution is 7.98. The Labute approximate surface area is 120 Å². The van der Waals surface area contributed by atoms with Crippen molar-refractivity contribution < 1.29 is 10.7 Å². The Morgan fingerprint density at radius 3 is 2.42 bits per heavy atom. The van der Waals surface area contributed by atoms with E-state index in [1.54, 1.807) is 30.0 Å². The molecule has 0 atom stereocenters. The fourth-order valence-corrected chi connectivity index (χ4v) is 2.57. The second kappa shape index (κ2) is 7.13. The summed E-state index contributed by atoms with van der Waals surface area (Å²) in [7, 11) is 0. The van der Waals surface area contributed by atoms with Crippen LogP contribution < -0.4 is 10.9 Å². The number of thioether (sulfide) groups is 1. The van der Waals surface area contributed by atoms with Crippen molar-refractivity contribution in [1.29, 1.82) is 0 Å². The molecule has 0 unspecified atom stereocenters. The van der Waals surface area contributed by atoms with Gasteiger partial charge in [-0.3, -0.25) is 0 Å². The molecule has 0 heterocycles. The van der Waals surface area contributed by atoms with Gasteiger partial charge in [0.25, 0.3) is 5.69 Å². The molecule has 0 aliphatic rings. The number of anilines is 1. The van der Waals surface area contributed by atoms with E-state index < -0.39 is 0 Å². The quantitative estimate of drug-likeness (QED) is 0.670. The van der Waals surface area contributed by atoms with E-state index in [-0.39, 0.29) is 5.48 Å². The molecule has 0 radical (unpaired) electrons. The predicted molar refractivity (Wildman–Crippen MR) is 77.8 cm³/mol. The number of nitrogens with two attached hydrogens (primary N) is 1. The molecule has 0 saturated heterocycles. The van der Waals surface area contributed by atoms with Gasteiger partial charge in [-0.25, -0.2) is 0 Å².